The second kappa shape index (κ2) is 9.66. The lowest BCUT2D eigenvalue weighted by Gasteiger charge is -2.23. The van der Waals surface area contributed by atoms with Crippen molar-refractivity contribution in [1.82, 2.24) is 25.2 Å². The van der Waals surface area contributed by atoms with Gasteiger partial charge in [0.05, 0.1) is 18.3 Å². The zero-order valence-electron chi connectivity index (χ0n) is 15.5. The van der Waals surface area contributed by atoms with Gasteiger partial charge in [0, 0.05) is 7.05 Å². The van der Waals surface area contributed by atoms with E-state index in [1.165, 1.54) is 11.0 Å². The zero-order chi connectivity index (χ0) is 18.5. The fourth-order valence-corrected chi connectivity index (χ4v) is 3.07. The predicted molar refractivity (Wildman–Crippen MR) is 102 cm³/mol. The van der Waals surface area contributed by atoms with Crippen LogP contribution in [0.1, 0.15) is 35.1 Å². The third-order valence-corrected chi connectivity index (χ3v) is 4.65. The second-order valence-corrected chi connectivity index (χ2v) is 6.45. The molecule has 3 rings (SSSR count). The smallest absolute Gasteiger partial charge is 0.276 e. The Balaban J connectivity index is 0.00000261. The molecule has 1 aliphatic rings. The van der Waals surface area contributed by atoms with Crippen LogP contribution in [0, 0.1) is 12.7 Å². The Morgan fingerprint density at radius 2 is 2.07 bits per heavy atom. The highest BCUT2D eigenvalue weighted by atomic mass is 35.5. The number of hydrogen-bond acceptors (Lipinski definition) is 5. The van der Waals surface area contributed by atoms with E-state index in [0.29, 0.717) is 12.2 Å². The van der Waals surface area contributed by atoms with E-state index in [0.717, 1.165) is 31.6 Å². The van der Waals surface area contributed by atoms with E-state index in [1.807, 2.05) is 11.6 Å². The van der Waals surface area contributed by atoms with Crippen LogP contribution in [-0.2, 0) is 0 Å². The molecule has 1 N–H and O–H groups in total. The molecule has 1 aromatic carbocycles. The number of likely N-dealkylation sites (N-methyl/N-ethyl adjacent to an activating group) is 1. The molecule has 1 aliphatic heterocycles. The first kappa shape index (κ1) is 21.1. The number of benzene rings is 1. The summed E-state index contributed by atoms with van der Waals surface area (Å²) in [7, 11) is 1.68. The lowest BCUT2D eigenvalue weighted by atomic mass is 10.1. The van der Waals surface area contributed by atoms with E-state index in [2.05, 4.69) is 15.6 Å². The number of carbonyl (C=O) groups excluding carboxylic acids is 1. The summed E-state index contributed by atoms with van der Waals surface area (Å²) < 4.78 is 20.8. The normalized spacial score (nSPS) is 14.5. The first-order valence-electron chi connectivity index (χ1n) is 8.83. The van der Waals surface area contributed by atoms with Crippen molar-refractivity contribution in [3.05, 3.63) is 41.5 Å². The molecular weight excluding hydrogens is 373 g/mol. The molecule has 0 unspecified atom stereocenters. The quantitative estimate of drug-likeness (QED) is 0.809. The van der Waals surface area contributed by atoms with Gasteiger partial charge >= 0.3 is 0 Å². The van der Waals surface area contributed by atoms with Gasteiger partial charge in [-0.1, -0.05) is 17.3 Å². The molecular formula is C18H25ClFN5O2. The third kappa shape index (κ3) is 4.95. The minimum Gasteiger partial charge on any atom is -0.489 e. The number of ether oxygens (including phenoxy) is 1. The van der Waals surface area contributed by atoms with Gasteiger partial charge in [0.15, 0.2) is 17.3 Å². The van der Waals surface area contributed by atoms with Crippen molar-refractivity contribution in [2.24, 2.45) is 0 Å². The molecule has 0 bridgehead atoms. The van der Waals surface area contributed by atoms with Crippen LogP contribution in [0.25, 0.3) is 0 Å². The Kier molecular flexibility index (Phi) is 7.55. The third-order valence-electron chi connectivity index (χ3n) is 4.65. The Bertz CT molecular complexity index is 764. The molecule has 0 atom stereocenters. The number of para-hydroxylation sites is 1. The molecule has 0 spiro atoms. The molecule has 0 saturated carbocycles. The van der Waals surface area contributed by atoms with Gasteiger partial charge in [-0.3, -0.25) is 4.79 Å². The molecule has 1 amide bonds. The van der Waals surface area contributed by atoms with Crippen LogP contribution in [0.3, 0.4) is 0 Å². The van der Waals surface area contributed by atoms with Crippen LogP contribution >= 0.6 is 12.4 Å². The second-order valence-electron chi connectivity index (χ2n) is 6.45. The summed E-state index contributed by atoms with van der Waals surface area (Å²) in [6.07, 6.45) is 1.95. The highest BCUT2D eigenvalue weighted by Gasteiger charge is 2.24. The summed E-state index contributed by atoms with van der Waals surface area (Å²) in [4.78, 5) is 14.2. The van der Waals surface area contributed by atoms with Crippen molar-refractivity contribution in [1.29, 1.82) is 0 Å². The molecule has 0 radical (unpaired) electrons. The van der Waals surface area contributed by atoms with Crippen molar-refractivity contribution in [2.45, 2.75) is 25.8 Å². The van der Waals surface area contributed by atoms with E-state index >= 15 is 0 Å². The largest absolute Gasteiger partial charge is 0.489 e. The SMILES string of the molecule is Cc1c(C(=O)N(C)CCOc2ccccc2F)nnn1C1CCNCC1.Cl. The zero-order valence-corrected chi connectivity index (χ0v) is 16.3. The number of carbonyl (C=O) groups is 1. The summed E-state index contributed by atoms with van der Waals surface area (Å²) in [6.45, 7) is 4.29. The van der Waals surface area contributed by atoms with Gasteiger partial charge in [0.25, 0.3) is 5.91 Å². The Morgan fingerprint density at radius 3 is 2.78 bits per heavy atom. The average Bonchev–Trinajstić information content (AvgIpc) is 3.04. The highest BCUT2D eigenvalue weighted by Crippen LogP contribution is 2.21. The maximum absolute atomic E-state index is 13.5. The summed E-state index contributed by atoms with van der Waals surface area (Å²) in [6, 6.07) is 6.49. The molecule has 0 aliphatic carbocycles. The van der Waals surface area contributed by atoms with Gasteiger partial charge in [-0.25, -0.2) is 9.07 Å². The number of halogens is 2. The standard InChI is InChI=1S/C18H24FN5O2.ClH/c1-13-17(21-22-24(13)14-7-9-20-10-8-14)18(25)23(2)11-12-26-16-6-4-3-5-15(16)19;/h3-6,14,20H,7-12H2,1-2H3;1H. The minimum absolute atomic E-state index is 0. The predicted octanol–water partition coefficient (Wildman–Crippen LogP) is 2.22. The Morgan fingerprint density at radius 1 is 1.37 bits per heavy atom. The number of nitrogens with one attached hydrogen (secondary N) is 1. The Labute approximate surface area is 164 Å². The van der Waals surface area contributed by atoms with Gasteiger partial charge in [-0.05, 0) is 45.0 Å². The number of piperidine rings is 1. The molecule has 148 valence electrons. The van der Waals surface area contributed by atoms with Crippen molar-refractivity contribution in [3.8, 4) is 5.75 Å². The minimum atomic E-state index is -0.415. The van der Waals surface area contributed by atoms with Gasteiger partial charge < -0.3 is 15.0 Å². The van der Waals surface area contributed by atoms with Crippen LogP contribution < -0.4 is 10.1 Å². The van der Waals surface area contributed by atoms with Crippen LogP contribution in [0.15, 0.2) is 24.3 Å². The highest BCUT2D eigenvalue weighted by molar-refractivity contribution is 5.93. The maximum Gasteiger partial charge on any atom is 0.276 e. The topological polar surface area (TPSA) is 72.3 Å². The molecule has 1 fully saturated rings. The van der Waals surface area contributed by atoms with E-state index in [-0.39, 0.29) is 36.7 Å². The Hall–Kier alpha value is -2.19. The van der Waals surface area contributed by atoms with Crippen LogP contribution in [0.5, 0.6) is 5.75 Å². The van der Waals surface area contributed by atoms with Crippen LogP contribution in [0.4, 0.5) is 4.39 Å². The number of aromatic nitrogens is 3. The molecule has 2 aromatic rings. The maximum atomic E-state index is 13.5. The molecule has 9 heteroatoms. The monoisotopic (exact) mass is 397 g/mol. The first-order valence-corrected chi connectivity index (χ1v) is 8.83. The van der Waals surface area contributed by atoms with Gasteiger partial charge in [0.2, 0.25) is 0 Å². The number of nitrogens with zero attached hydrogens (tertiary/aromatic N) is 4. The van der Waals surface area contributed by atoms with Crippen molar-refractivity contribution in [3.63, 3.8) is 0 Å². The van der Waals surface area contributed by atoms with E-state index in [1.54, 1.807) is 25.2 Å². The summed E-state index contributed by atoms with van der Waals surface area (Å²) in [5.74, 6) is -0.441. The molecule has 2 heterocycles. The van der Waals surface area contributed by atoms with Gasteiger partial charge in [-0.15, -0.1) is 17.5 Å². The first-order chi connectivity index (χ1) is 12.6. The summed E-state index contributed by atoms with van der Waals surface area (Å²) in [5, 5.41) is 11.6. The van der Waals surface area contributed by atoms with E-state index < -0.39 is 5.82 Å². The van der Waals surface area contributed by atoms with Gasteiger partial charge in [0.1, 0.15) is 6.61 Å². The average molecular weight is 398 g/mol. The number of amides is 1. The molecule has 1 saturated heterocycles. The fraction of sp³-hybridized carbons (Fsp3) is 0.500. The lowest BCUT2D eigenvalue weighted by molar-refractivity contribution is 0.0766. The fourth-order valence-electron chi connectivity index (χ4n) is 3.07. The van der Waals surface area contributed by atoms with Gasteiger partial charge in [-0.2, -0.15) is 0 Å². The van der Waals surface area contributed by atoms with Crippen LogP contribution in [-0.4, -0.2) is 59.1 Å². The summed E-state index contributed by atoms with van der Waals surface area (Å²) >= 11 is 0. The molecule has 7 nitrogen and oxygen atoms in total. The number of rotatable bonds is 6. The van der Waals surface area contributed by atoms with Crippen LogP contribution in [0.2, 0.25) is 0 Å². The molecule has 27 heavy (non-hydrogen) atoms. The van der Waals surface area contributed by atoms with E-state index in [4.69, 9.17) is 4.74 Å². The van der Waals surface area contributed by atoms with E-state index in [9.17, 15) is 9.18 Å². The van der Waals surface area contributed by atoms with Crippen molar-refractivity contribution in [2.75, 3.05) is 33.3 Å². The van der Waals surface area contributed by atoms with Crippen molar-refractivity contribution >= 4 is 18.3 Å². The summed E-state index contributed by atoms with van der Waals surface area (Å²) in [5.41, 5.74) is 1.14. The number of hydrogen-bond donors (Lipinski definition) is 1. The molecule has 1 aromatic heterocycles. The lowest BCUT2D eigenvalue weighted by Crippen LogP contribution is -2.32. The van der Waals surface area contributed by atoms with Crippen molar-refractivity contribution < 1.29 is 13.9 Å².